The van der Waals surface area contributed by atoms with Gasteiger partial charge in [0.1, 0.15) is 5.56 Å². The average molecular weight is 207 g/mol. The van der Waals surface area contributed by atoms with Crippen LogP contribution in [0.5, 0.6) is 0 Å². The normalized spacial score (nSPS) is 11.4. The molecule has 1 aromatic rings. The molecule has 0 saturated heterocycles. The summed E-state index contributed by atoms with van der Waals surface area (Å²) in [4.78, 5) is 10.3. The monoisotopic (exact) mass is 207 g/mol. The molecule has 1 rings (SSSR count). The molecule has 1 aromatic heterocycles. The van der Waals surface area contributed by atoms with Crippen LogP contribution in [0.1, 0.15) is 16.1 Å². The summed E-state index contributed by atoms with van der Waals surface area (Å²) in [6.07, 6.45) is -4.73. The molecule has 0 aliphatic carbocycles. The highest BCUT2D eigenvalue weighted by molar-refractivity contribution is 5.85. The minimum atomic E-state index is -4.73. The van der Waals surface area contributed by atoms with Gasteiger partial charge in [-0.15, -0.1) is 10.2 Å². The predicted molar refractivity (Wildman–Crippen MR) is 38.4 cm³/mol. The van der Waals surface area contributed by atoms with Gasteiger partial charge in [0.15, 0.2) is 11.5 Å². The lowest BCUT2D eigenvalue weighted by Crippen LogP contribution is -2.14. The number of aromatic carboxylic acids is 1. The Morgan fingerprint density at radius 3 is 2.43 bits per heavy atom. The molecule has 0 saturated carbocycles. The first-order valence-corrected chi connectivity index (χ1v) is 3.26. The Hall–Kier alpha value is -1.86. The number of aromatic nitrogens is 2. The molecule has 14 heavy (non-hydrogen) atoms. The van der Waals surface area contributed by atoms with Gasteiger partial charge in [0.25, 0.3) is 0 Å². The van der Waals surface area contributed by atoms with Gasteiger partial charge >= 0.3 is 12.1 Å². The topological polar surface area (TPSA) is 89.1 Å². The van der Waals surface area contributed by atoms with Crippen LogP contribution in [0.2, 0.25) is 0 Å². The summed E-state index contributed by atoms with van der Waals surface area (Å²) < 4.78 is 36.5. The summed E-state index contributed by atoms with van der Waals surface area (Å²) in [5.74, 6) is -2.44. The second-order valence-electron chi connectivity index (χ2n) is 2.33. The zero-order chi connectivity index (χ0) is 10.9. The van der Waals surface area contributed by atoms with Crippen molar-refractivity contribution in [2.75, 3.05) is 5.73 Å². The maximum atomic E-state index is 12.2. The number of hydrogen-bond donors (Lipinski definition) is 2. The van der Waals surface area contributed by atoms with E-state index >= 15 is 0 Å². The fourth-order valence-corrected chi connectivity index (χ4v) is 0.733. The lowest BCUT2D eigenvalue weighted by atomic mass is 10.2. The van der Waals surface area contributed by atoms with Crippen molar-refractivity contribution in [3.63, 3.8) is 0 Å². The number of anilines is 1. The van der Waals surface area contributed by atoms with Crippen LogP contribution in [0.4, 0.5) is 19.0 Å². The van der Waals surface area contributed by atoms with Crippen LogP contribution in [0, 0.1) is 0 Å². The average Bonchev–Trinajstić information content (AvgIpc) is 2.02. The minimum Gasteiger partial charge on any atom is -0.476 e. The lowest BCUT2D eigenvalue weighted by molar-refractivity contribution is -0.137. The smallest absolute Gasteiger partial charge is 0.420 e. The molecule has 0 spiro atoms. The molecule has 76 valence electrons. The predicted octanol–water partition coefficient (Wildman–Crippen LogP) is 0.776. The molecule has 0 fully saturated rings. The summed E-state index contributed by atoms with van der Waals surface area (Å²) in [7, 11) is 0. The number of alkyl halides is 3. The van der Waals surface area contributed by atoms with E-state index in [-0.39, 0.29) is 0 Å². The van der Waals surface area contributed by atoms with E-state index in [0.29, 0.717) is 6.07 Å². The van der Waals surface area contributed by atoms with E-state index in [1.165, 1.54) is 0 Å². The van der Waals surface area contributed by atoms with E-state index in [1.54, 1.807) is 0 Å². The minimum absolute atomic E-state index is 0.338. The number of rotatable bonds is 1. The molecule has 0 aliphatic rings. The second-order valence-corrected chi connectivity index (χ2v) is 2.33. The zero-order valence-corrected chi connectivity index (χ0v) is 6.54. The summed E-state index contributed by atoms with van der Waals surface area (Å²) in [6.45, 7) is 0. The fraction of sp³-hybridized carbons (Fsp3) is 0.167. The fourth-order valence-electron chi connectivity index (χ4n) is 0.733. The molecule has 0 amide bonds. The molecule has 1 heterocycles. The molecule has 0 aromatic carbocycles. The van der Waals surface area contributed by atoms with Gasteiger partial charge in [-0.05, 0) is 6.07 Å². The highest BCUT2D eigenvalue weighted by atomic mass is 19.4. The van der Waals surface area contributed by atoms with Gasteiger partial charge < -0.3 is 10.8 Å². The van der Waals surface area contributed by atoms with Gasteiger partial charge in [0, 0.05) is 0 Å². The Kier molecular flexibility index (Phi) is 2.28. The van der Waals surface area contributed by atoms with Crippen LogP contribution in [-0.2, 0) is 6.18 Å². The van der Waals surface area contributed by atoms with E-state index < -0.39 is 29.2 Å². The number of nitrogens with zero attached hydrogens (tertiary/aromatic N) is 2. The third kappa shape index (κ3) is 1.90. The first-order valence-electron chi connectivity index (χ1n) is 3.26. The second kappa shape index (κ2) is 3.13. The van der Waals surface area contributed by atoms with Crippen LogP contribution in [0.3, 0.4) is 0 Å². The van der Waals surface area contributed by atoms with Crippen LogP contribution < -0.4 is 5.73 Å². The molecule has 5 nitrogen and oxygen atoms in total. The molecular formula is C6H4F3N3O2. The number of nitrogens with two attached hydrogens (primary N) is 1. The van der Waals surface area contributed by atoms with E-state index in [9.17, 15) is 18.0 Å². The molecule has 8 heteroatoms. The number of nitrogen functional groups attached to an aromatic ring is 1. The molecule has 0 bridgehead atoms. The van der Waals surface area contributed by atoms with Crippen molar-refractivity contribution >= 4 is 11.8 Å². The van der Waals surface area contributed by atoms with E-state index in [2.05, 4.69) is 10.2 Å². The van der Waals surface area contributed by atoms with Crippen molar-refractivity contribution < 1.29 is 23.1 Å². The molecule has 3 N–H and O–H groups in total. The summed E-state index contributed by atoms with van der Waals surface area (Å²) in [6, 6.07) is 0.338. The van der Waals surface area contributed by atoms with Crippen molar-refractivity contribution in [1.29, 1.82) is 0 Å². The summed E-state index contributed by atoms with van der Waals surface area (Å²) in [5, 5.41) is 14.2. The molecule has 0 radical (unpaired) electrons. The highest BCUT2D eigenvalue weighted by Gasteiger charge is 2.35. The van der Waals surface area contributed by atoms with Gasteiger partial charge in [0.05, 0.1) is 0 Å². The molecule has 0 atom stereocenters. The highest BCUT2D eigenvalue weighted by Crippen LogP contribution is 2.32. The van der Waals surface area contributed by atoms with Crippen molar-refractivity contribution in [2.45, 2.75) is 6.18 Å². The first-order chi connectivity index (χ1) is 6.32. The quantitative estimate of drug-likeness (QED) is 0.710. The molecular weight excluding hydrogens is 203 g/mol. The SMILES string of the molecule is Nc1nnc(C(=O)O)cc1C(F)(F)F. The number of carboxylic acids is 1. The van der Waals surface area contributed by atoms with Crippen LogP contribution in [-0.4, -0.2) is 21.3 Å². The summed E-state index contributed by atoms with van der Waals surface area (Å²) in [5.41, 5.74) is 2.79. The first kappa shape index (κ1) is 10.2. The Labute approximate surface area is 75.4 Å². The van der Waals surface area contributed by atoms with Crippen molar-refractivity contribution in [2.24, 2.45) is 0 Å². The third-order valence-corrected chi connectivity index (χ3v) is 1.35. The third-order valence-electron chi connectivity index (χ3n) is 1.35. The number of halogens is 3. The maximum Gasteiger partial charge on any atom is 0.420 e. The zero-order valence-electron chi connectivity index (χ0n) is 6.54. The van der Waals surface area contributed by atoms with Gasteiger partial charge in [-0.3, -0.25) is 0 Å². The van der Waals surface area contributed by atoms with Gasteiger partial charge in [-0.2, -0.15) is 13.2 Å². The van der Waals surface area contributed by atoms with Crippen molar-refractivity contribution in [1.82, 2.24) is 10.2 Å². The van der Waals surface area contributed by atoms with E-state index in [0.717, 1.165) is 0 Å². The largest absolute Gasteiger partial charge is 0.476 e. The van der Waals surface area contributed by atoms with Gasteiger partial charge in [0.2, 0.25) is 0 Å². The van der Waals surface area contributed by atoms with Gasteiger partial charge in [-0.25, -0.2) is 4.79 Å². The van der Waals surface area contributed by atoms with Gasteiger partial charge in [-0.1, -0.05) is 0 Å². The number of hydrogen-bond acceptors (Lipinski definition) is 4. The van der Waals surface area contributed by atoms with Crippen LogP contribution >= 0.6 is 0 Å². The van der Waals surface area contributed by atoms with Crippen molar-refractivity contribution in [3.8, 4) is 0 Å². The lowest BCUT2D eigenvalue weighted by Gasteiger charge is -2.07. The van der Waals surface area contributed by atoms with E-state index in [1.807, 2.05) is 0 Å². The van der Waals surface area contributed by atoms with Crippen molar-refractivity contribution in [3.05, 3.63) is 17.3 Å². The number of carboxylic acid groups (broad SMARTS) is 1. The van der Waals surface area contributed by atoms with Crippen LogP contribution in [0.25, 0.3) is 0 Å². The van der Waals surface area contributed by atoms with E-state index in [4.69, 9.17) is 10.8 Å². The van der Waals surface area contributed by atoms with Crippen LogP contribution in [0.15, 0.2) is 6.07 Å². The number of carbonyl (C=O) groups is 1. The maximum absolute atomic E-state index is 12.2. The Morgan fingerprint density at radius 2 is 2.00 bits per heavy atom. The standard InChI is InChI=1S/C6H4F3N3O2/c7-6(8,9)2-1-3(5(13)14)11-12-4(2)10/h1H,(H2,10,12)(H,13,14). The molecule has 0 unspecified atom stereocenters. The summed E-state index contributed by atoms with van der Waals surface area (Å²) >= 11 is 0. The Bertz CT molecular complexity index is 377. The molecule has 0 aliphatic heterocycles. The Balaban J connectivity index is 3.29. The Morgan fingerprint density at radius 1 is 1.43 bits per heavy atom.